The molecule has 0 aliphatic heterocycles. The highest BCUT2D eigenvalue weighted by atomic mass is 32.1. The first-order valence-electron chi connectivity index (χ1n) is 6.91. The summed E-state index contributed by atoms with van der Waals surface area (Å²) in [6, 6.07) is 15.6. The predicted octanol–water partition coefficient (Wildman–Crippen LogP) is 4.83. The minimum absolute atomic E-state index is 0.255. The maximum Gasteiger partial charge on any atom is 0.0588 e. The highest BCUT2D eigenvalue weighted by Gasteiger charge is 2.16. The molecule has 1 N–H and O–H groups in total. The third-order valence-electron chi connectivity index (χ3n) is 3.97. The van der Waals surface area contributed by atoms with Gasteiger partial charge < -0.3 is 5.32 Å². The van der Waals surface area contributed by atoms with E-state index < -0.39 is 0 Å². The molecule has 2 heteroatoms. The van der Waals surface area contributed by atoms with Gasteiger partial charge in [-0.3, -0.25) is 0 Å². The lowest BCUT2D eigenvalue weighted by atomic mass is 9.95. The van der Waals surface area contributed by atoms with Crippen LogP contribution in [0, 0.1) is 13.8 Å². The number of aryl methyl sites for hydroxylation is 2. The van der Waals surface area contributed by atoms with E-state index >= 15 is 0 Å². The molecule has 102 valence electrons. The van der Waals surface area contributed by atoms with E-state index in [-0.39, 0.29) is 6.04 Å². The van der Waals surface area contributed by atoms with Gasteiger partial charge in [0.1, 0.15) is 0 Å². The zero-order chi connectivity index (χ0) is 14.1. The summed E-state index contributed by atoms with van der Waals surface area (Å²) in [5, 5.41) is 7.10. The van der Waals surface area contributed by atoms with E-state index in [1.165, 1.54) is 32.3 Å². The highest BCUT2D eigenvalue weighted by Crippen LogP contribution is 2.33. The molecule has 1 atom stereocenters. The van der Waals surface area contributed by atoms with Crippen molar-refractivity contribution in [3.05, 3.63) is 70.1 Å². The molecule has 1 aromatic heterocycles. The molecule has 0 spiro atoms. The summed E-state index contributed by atoms with van der Waals surface area (Å²) in [5.41, 5.74) is 5.40. The summed E-state index contributed by atoms with van der Waals surface area (Å²) in [5.74, 6) is 0. The van der Waals surface area contributed by atoms with Gasteiger partial charge in [-0.2, -0.15) is 0 Å². The number of nitrogens with one attached hydrogen (secondary N) is 1. The number of hydrogen-bond acceptors (Lipinski definition) is 2. The Balaban J connectivity index is 2.11. The molecule has 0 amide bonds. The SMILES string of the molecule is CNC(c1ccc(C)c(C)c1)c1csc2ccccc12. The van der Waals surface area contributed by atoms with Crippen molar-refractivity contribution < 1.29 is 0 Å². The van der Waals surface area contributed by atoms with Gasteiger partial charge in [-0.05, 0) is 60.0 Å². The standard InChI is InChI=1S/C18H19NS/c1-12-8-9-14(10-13(12)2)18(19-3)16-11-20-17-7-5-4-6-15(16)17/h4-11,18-19H,1-3H3. The van der Waals surface area contributed by atoms with Crippen molar-refractivity contribution in [2.75, 3.05) is 7.05 Å². The quantitative estimate of drug-likeness (QED) is 0.725. The zero-order valence-electron chi connectivity index (χ0n) is 12.1. The maximum atomic E-state index is 3.47. The largest absolute Gasteiger partial charge is 0.309 e. The topological polar surface area (TPSA) is 12.0 Å². The van der Waals surface area contributed by atoms with Crippen LogP contribution < -0.4 is 5.32 Å². The molecule has 20 heavy (non-hydrogen) atoms. The van der Waals surface area contributed by atoms with Crippen molar-refractivity contribution in [3.63, 3.8) is 0 Å². The predicted molar refractivity (Wildman–Crippen MR) is 88.6 cm³/mol. The molecule has 2 aromatic carbocycles. The molecular formula is C18H19NS. The molecule has 1 unspecified atom stereocenters. The van der Waals surface area contributed by atoms with Crippen LogP contribution in [0.25, 0.3) is 10.1 Å². The average Bonchev–Trinajstić information content (AvgIpc) is 2.88. The van der Waals surface area contributed by atoms with E-state index in [1.807, 2.05) is 18.4 Å². The van der Waals surface area contributed by atoms with Gasteiger partial charge in [-0.25, -0.2) is 0 Å². The molecule has 3 aromatic rings. The number of rotatable bonds is 3. The summed E-state index contributed by atoms with van der Waals surface area (Å²) in [6.07, 6.45) is 0. The van der Waals surface area contributed by atoms with E-state index in [9.17, 15) is 0 Å². The fraction of sp³-hybridized carbons (Fsp3) is 0.222. The third-order valence-corrected chi connectivity index (χ3v) is 4.96. The second-order valence-electron chi connectivity index (χ2n) is 5.25. The van der Waals surface area contributed by atoms with Crippen molar-refractivity contribution in [1.29, 1.82) is 0 Å². The first kappa shape index (κ1) is 13.3. The first-order valence-corrected chi connectivity index (χ1v) is 7.79. The molecular weight excluding hydrogens is 262 g/mol. The van der Waals surface area contributed by atoms with Crippen molar-refractivity contribution in [3.8, 4) is 0 Å². The van der Waals surface area contributed by atoms with Crippen molar-refractivity contribution in [2.45, 2.75) is 19.9 Å². The van der Waals surface area contributed by atoms with Gasteiger partial charge >= 0.3 is 0 Å². The summed E-state index contributed by atoms with van der Waals surface area (Å²) >= 11 is 1.82. The normalized spacial score (nSPS) is 12.8. The van der Waals surface area contributed by atoms with E-state index in [0.29, 0.717) is 0 Å². The van der Waals surface area contributed by atoms with E-state index in [0.717, 1.165) is 0 Å². The van der Waals surface area contributed by atoms with E-state index in [4.69, 9.17) is 0 Å². The van der Waals surface area contributed by atoms with Gasteiger partial charge in [0.05, 0.1) is 6.04 Å². The van der Waals surface area contributed by atoms with Gasteiger partial charge in [-0.15, -0.1) is 11.3 Å². The van der Waals surface area contributed by atoms with Crippen LogP contribution in [-0.4, -0.2) is 7.05 Å². The molecule has 0 saturated heterocycles. The summed E-state index contributed by atoms with van der Waals surface area (Å²) in [7, 11) is 2.03. The zero-order valence-corrected chi connectivity index (χ0v) is 12.9. The Kier molecular flexibility index (Phi) is 3.60. The molecule has 1 nitrogen and oxygen atoms in total. The molecule has 0 aliphatic carbocycles. The first-order chi connectivity index (χ1) is 9.70. The van der Waals surface area contributed by atoms with Crippen LogP contribution >= 0.6 is 11.3 Å². The van der Waals surface area contributed by atoms with Gasteiger partial charge in [0.2, 0.25) is 0 Å². The Morgan fingerprint density at radius 3 is 2.55 bits per heavy atom. The van der Waals surface area contributed by atoms with Crippen LogP contribution in [-0.2, 0) is 0 Å². The van der Waals surface area contributed by atoms with Crippen LogP contribution in [0.15, 0.2) is 47.8 Å². The van der Waals surface area contributed by atoms with Crippen molar-refractivity contribution in [2.24, 2.45) is 0 Å². The molecule has 0 aliphatic rings. The Bertz CT molecular complexity index is 742. The molecule has 0 radical (unpaired) electrons. The number of fused-ring (bicyclic) bond motifs is 1. The minimum atomic E-state index is 0.255. The van der Waals surface area contributed by atoms with Crippen LogP contribution in [0.4, 0.5) is 0 Å². The van der Waals surface area contributed by atoms with Gasteiger partial charge in [-0.1, -0.05) is 36.4 Å². The van der Waals surface area contributed by atoms with Gasteiger partial charge in [0.25, 0.3) is 0 Å². The van der Waals surface area contributed by atoms with E-state index in [2.05, 4.69) is 67.0 Å². The lowest BCUT2D eigenvalue weighted by Crippen LogP contribution is -2.17. The Morgan fingerprint density at radius 2 is 1.80 bits per heavy atom. The minimum Gasteiger partial charge on any atom is -0.309 e. The van der Waals surface area contributed by atoms with Crippen molar-refractivity contribution in [1.82, 2.24) is 5.32 Å². The molecule has 0 fully saturated rings. The molecule has 0 bridgehead atoms. The van der Waals surface area contributed by atoms with Crippen LogP contribution in [0.5, 0.6) is 0 Å². The lowest BCUT2D eigenvalue weighted by molar-refractivity contribution is 0.698. The second kappa shape index (κ2) is 5.39. The second-order valence-corrected chi connectivity index (χ2v) is 6.16. The lowest BCUT2D eigenvalue weighted by Gasteiger charge is -2.17. The average molecular weight is 281 g/mol. The summed E-state index contributed by atoms with van der Waals surface area (Å²) in [6.45, 7) is 4.34. The smallest absolute Gasteiger partial charge is 0.0588 e. The number of hydrogen-bond donors (Lipinski definition) is 1. The number of benzene rings is 2. The molecule has 1 heterocycles. The van der Waals surface area contributed by atoms with Crippen LogP contribution in [0.3, 0.4) is 0 Å². The molecule has 3 rings (SSSR count). The fourth-order valence-electron chi connectivity index (χ4n) is 2.67. The van der Waals surface area contributed by atoms with Crippen LogP contribution in [0.1, 0.15) is 28.3 Å². The fourth-order valence-corrected chi connectivity index (χ4v) is 3.65. The summed E-state index contributed by atoms with van der Waals surface area (Å²) < 4.78 is 1.35. The maximum absolute atomic E-state index is 3.47. The van der Waals surface area contributed by atoms with Crippen molar-refractivity contribution >= 4 is 21.4 Å². The highest BCUT2D eigenvalue weighted by molar-refractivity contribution is 7.17. The molecule has 0 saturated carbocycles. The summed E-state index contributed by atoms with van der Waals surface area (Å²) in [4.78, 5) is 0. The van der Waals surface area contributed by atoms with Gasteiger partial charge in [0.15, 0.2) is 0 Å². The third kappa shape index (κ3) is 2.26. The number of thiophene rings is 1. The van der Waals surface area contributed by atoms with E-state index in [1.54, 1.807) is 0 Å². The Morgan fingerprint density at radius 1 is 1.00 bits per heavy atom. The monoisotopic (exact) mass is 281 g/mol. The Labute approximate surface area is 124 Å². The Hall–Kier alpha value is -1.64. The van der Waals surface area contributed by atoms with Crippen LogP contribution in [0.2, 0.25) is 0 Å². The van der Waals surface area contributed by atoms with Gasteiger partial charge in [0, 0.05) is 4.70 Å².